The number of methoxy groups -OCH3 is 1. The lowest BCUT2D eigenvalue weighted by Gasteiger charge is -2.48. The quantitative estimate of drug-likeness (QED) is 0.524. The van der Waals surface area contributed by atoms with Crippen LogP contribution in [0.1, 0.15) is 12.0 Å². The number of piperazine rings is 1. The van der Waals surface area contributed by atoms with Gasteiger partial charge in [0.15, 0.2) is 0 Å². The molecule has 2 heterocycles. The van der Waals surface area contributed by atoms with Crippen LogP contribution in [0.4, 0.5) is 33.3 Å². The Balaban J connectivity index is 1.59. The molecule has 2 aromatic carbocycles. The fourth-order valence-electron chi connectivity index (χ4n) is 5.34. The Morgan fingerprint density at radius 1 is 1.07 bits per heavy atom. The van der Waals surface area contributed by atoms with Crippen LogP contribution in [0.15, 0.2) is 71.3 Å². The number of carboxylic acids is 1. The maximum Gasteiger partial charge on any atom is 0.416 e. The molecule has 3 unspecified atom stereocenters. The van der Waals surface area contributed by atoms with Gasteiger partial charge in [-0.1, -0.05) is 12.2 Å². The maximum atomic E-state index is 15.2. The van der Waals surface area contributed by atoms with Crippen molar-refractivity contribution in [3.8, 4) is 5.75 Å². The van der Waals surface area contributed by atoms with Gasteiger partial charge in [0, 0.05) is 31.9 Å². The van der Waals surface area contributed by atoms with E-state index in [2.05, 4.69) is 4.99 Å². The fourth-order valence-corrected chi connectivity index (χ4v) is 5.34. The van der Waals surface area contributed by atoms with Gasteiger partial charge in [-0.2, -0.15) is 13.2 Å². The number of anilines is 2. The highest BCUT2D eigenvalue weighted by atomic mass is 19.4. The third kappa shape index (κ3) is 5.34. The van der Waals surface area contributed by atoms with E-state index in [0.717, 1.165) is 17.8 Å². The first kappa shape index (κ1) is 27.5. The number of allylic oxidation sites excluding steroid dienone is 2. The number of benzene rings is 2. The average molecular weight is 563 g/mol. The molecule has 12 heteroatoms. The van der Waals surface area contributed by atoms with Crippen molar-refractivity contribution in [3.63, 3.8) is 0 Å². The fraction of sp³-hybridized carbons (Fsp3) is 0.357. The van der Waals surface area contributed by atoms with E-state index in [1.54, 1.807) is 18.2 Å². The molecule has 0 bridgehead atoms. The van der Waals surface area contributed by atoms with Gasteiger partial charge in [-0.15, -0.1) is 0 Å². The van der Waals surface area contributed by atoms with Crippen LogP contribution in [0.2, 0.25) is 0 Å². The zero-order valence-electron chi connectivity index (χ0n) is 21.5. The number of aliphatic carboxylic acids is 1. The number of aliphatic imine (C=N–C) groups is 1. The van der Waals surface area contributed by atoms with E-state index >= 15 is 4.39 Å². The summed E-state index contributed by atoms with van der Waals surface area (Å²) in [6, 6.07) is 6.96. The van der Waals surface area contributed by atoms with Gasteiger partial charge in [0.25, 0.3) is 0 Å². The summed E-state index contributed by atoms with van der Waals surface area (Å²) in [7, 11) is 1.31. The molecule has 0 amide bonds. The van der Waals surface area contributed by atoms with Gasteiger partial charge in [0.05, 0.1) is 30.8 Å². The molecule has 5 rings (SSSR count). The molecule has 7 nitrogen and oxygen atoms in total. The predicted octanol–water partition coefficient (Wildman–Crippen LogP) is 4.90. The normalized spacial score (nSPS) is 22.9. The summed E-state index contributed by atoms with van der Waals surface area (Å²) >= 11 is 0. The zero-order chi connectivity index (χ0) is 28.6. The number of carboxylic acid groups (broad SMARTS) is 1. The molecule has 1 aliphatic carbocycles. The molecule has 0 spiro atoms. The molecule has 2 aromatic rings. The van der Waals surface area contributed by atoms with Crippen LogP contribution in [0.5, 0.6) is 5.75 Å². The number of rotatable bonds is 5. The summed E-state index contributed by atoms with van der Waals surface area (Å²) in [5.74, 6) is -1.31. The number of hydrogen-bond donors (Lipinski definition) is 1. The molecule has 0 radical (unpaired) electrons. The number of guanidine groups is 1. The monoisotopic (exact) mass is 562 g/mol. The van der Waals surface area contributed by atoms with Crippen LogP contribution >= 0.6 is 0 Å². The van der Waals surface area contributed by atoms with Crippen molar-refractivity contribution in [2.24, 2.45) is 4.99 Å². The van der Waals surface area contributed by atoms with Crippen LogP contribution in [-0.2, 0) is 11.0 Å². The van der Waals surface area contributed by atoms with Crippen LogP contribution in [0.25, 0.3) is 0 Å². The van der Waals surface area contributed by atoms with E-state index in [4.69, 9.17) is 4.74 Å². The first-order valence-electron chi connectivity index (χ1n) is 12.7. The molecule has 0 aromatic heterocycles. The van der Waals surface area contributed by atoms with Crippen molar-refractivity contribution < 1.29 is 36.6 Å². The Morgan fingerprint density at radius 3 is 2.38 bits per heavy atom. The first-order valence-corrected chi connectivity index (χ1v) is 12.7. The Kier molecular flexibility index (Phi) is 7.43. The number of ether oxygens (including phenoxy) is 1. The average Bonchev–Trinajstić information content (AvgIpc) is 2.93. The molecule has 2 aliphatic heterocycles. The summed E-state index contributed by atoms with van der Waals surface area (Å²) in [5, 5.41) is 9.81. The molecule has 212 valence electrons. The molecule has 0 saturated carbocycles. The van der Waals surface area contributed by atoms with Gasteiger partial charge in [-0.3, -0.25) is 4.79 Å². The van der Waals surface area contributed by atoms with E-state index < -0.39 is 42.4 Å². The van der Waals surface area contributed by atoms with Crippen LogP contribution < -0.4 is 14.5 Å². The molecule has 1 fully saturated rings. The SMILES string of the molecule is COc1ccc(C(F)(F)F)cc1N1C(N2CCN(c3ccc(F)cc3)CC2)=NC2C(=CC=CC2F)C1CC(=O)O. The molecule has 3 atom stereocenters. The van der Waals surface area contributed by atoms with Gasteiger partial charge in [0.1, 0.15) is 23.8 Å². The minimum atomic E-state index is -4.67. The second kappa shape index (κ2) is 10.8. The lowest BCUT2D eigenvalue weighted by molar-refractivity contribution is -0.138. The topological polar surface area (TPSA) is 68.6 Å². The molecule has 3 aliphatic rings. The number of nitrogens with zero attached hydrogens (tertiary/aromatic N) is 4. The predicted molar refractivity (Wildman–Crippen MR) is 140 cm³/mol. The summed E-state index contributed by atoms with van der Waals surface area (Å²) in [6.45, 7) is 1.64. The van der Waals surface area contributed by atoms with Crippen molar-refractivity contribution in [2.45, 2.75) is 30.9 Å². The van der Waals surface area contributed by atoms with Gasteiger partial charge in [-0.25, -0.2) is 13.8 Å². The minimum absolute atomic E-state index is 0.0207. The summed E-state index contributed by atoms with van der Waals surface area (Å²) in [4.78, 5) is 22.0. The van der Waals surface area contributed by atoms with E-state index in [9.17, 15) is 27.5 Å². The van der Waals surface area contributed by atoms with Crippen LogP contribution in [0, 0.1) is 5.82 Å². The summed E-state index contributed by atoms with van der Waals surface area (Å²) < 4.78 is 75.3. The van der Waals surface area contributed by atoms with Gasteiger partial charge >= 0.3 is 12.1 Å². The third-order valence-corrected chi connectivity index (χ3v) is 7.28. The van der Waals surface area contributed by atoms with Crippen LogP contribution in [-0.4, -0.2) is 73.5 Å². The molecular weight excluding hydrogens is 535 g/mol. The highest BCUT2D eigenvalue weighted by Gasteiger charge is 2.44. The van der Waals surface area contributed by atoms with Gasteiger partial charge in [0.2, 0.25) is 5.96 Å². The highest BCUT2D eigenvalue weighted by Crippen LogP contribution is 2.42. The van der Waals surface area contributed by atoms with Crippen molar-refractivity contribution >= 4 is 23.3 Å². The number of alkyl halides is 4. The van der Waals surface area contributed by atoms with Crippen molar-refractivity contribution in [1.82, 2.24) is 4.90 Å². The van der Waals surface area contributed by atoms with Gasteiger partial charge < -0.3 is 24.5 Å². The summed E-state index contributed by atoms with van der Waals surface area (Å²) in [5.41, 5.74) is 0.192. The maximum absolute atomic E-state index is 15.2. The minimum Gasteiger partial charge on any atom is -0.495 e. The number of fused-ring (bicyclic) bond motifs is 1. The molecular formula is C28H27F5N4O3. The largest absolute Gasteiger partial charge is 0.495 e. The van der Waals surface area contributed by atoms with Crippen molar-refractivity contribution in [3.05, 3.63) is 77.6 Å². The van der Waals surface area contributed by atoms with Crippen LogP contribution in [0.3, 0.4) is 0 Å². The van der Waals surface area contributed by atoms with Crippen molar-refractivity contribution in [1.29, 1.82) is 0 Å². The highest BCUT2D eigenvalue weighted by molar-refractivity contribution is 6.01. The Labute approximate surface area is 227 Å². The van der Waals surface area contributed by atoms with Gasteiger partial charge in [-0.05, 0) is 54.1 Å². The van der Waals surface area contributed by atoms with E-state index in [0.29, 0.717) is 31.8 Å². The molecule has 1 saturated heterocycles. The number of carbonyl (C=O) groups is 1. The summed E-state index contributed by atoms with van der Waals surface area (Å²) in [6.07, 6.45) is -2.34. The standard InChI is InChI=1S/C28H27F5N4O3/c1-40-24-10-5-17(28(31,32)33)15-23(24)37-22(16-25(38)39)20-3-2-4-21(30)26(20)34-27(37)36-13-11-35(12-14-36)19-8-6-18(29)7-9-19/h2-10,15,21-22,26H,11-14,16H2,1H3,(H,38,39). The molecule has 1 N–H and O–H groups in total. The third-order valence-electron chi connectivity index (χ3n) is 7.28. The Bertz CT molecular complexity index is 1350. The van der Waals surface area contributed by atoms with E-state index in [-0.39, 0.29) is 23.2 Å². The Hall–Kier alpha value is -4.09. The number of hydrogen-bond acceptors (Lipinski definition) is 6. The molecule has 40 heavy (non-hydrogen) atoms. The second-order valence-corrected chi connectivity index (χ2v) is 9.69. The Morgan fingerprint density at radius 2 is 1.75 bits per heavy atom. The lowest BCUT2D eigenvalue weighted by Crippen LogP contribution is -2.60. The lowest BCUT2D eigenvalue weighted by atomic mass is 9.87. The van der Waals surface area contributed by atoms with E-state index in [1.165, 1.54) is 42.4 Å². The zero-order valence-corrected chi connectivity index (χ0v) is 21.5. The first-order chi connectivity index (χ1) is 19.1. The van der Waals surface area contributed by atoms with Crippen molar-refractivity contribution in [2.75, 3.05) is 43.1 Å². The second-order valence-electron chi connectivity index (χ2n) is 9.69. The van der Waals surface area contributed by atoms with E-state index in [1.807, 2.05) is 9.80 Å². The number of halogens is 5. The smallest absolute Gasteiger partial charge is 0.416 e.